The number of aromatic nitrogens is 2. The van der Waals surface area contributed by atoms with Crippen LogP contribution in [0.3, 0.4) is 0 Å². The molecule has 0 saturated carbocycles. The van der Waals surface area contributed by atoms with Crippen molar-refractivity contribution in [3.05, 3.63) is 34.8 Å². The molecule has 4 nitrogen and oxygen atoms in total. The van der Waals surface area contributed by atoms with E-state index < -0.39 is 0 Å². The molecule has 0 aliphatic carbocycles. The summed E-state index contributed by atoms with van der Waals surface area (Å²) in [6, 6.07) is 5.67. The number of thiazole rings is 1. The Balaban J connectivity index is 1.96. The van der Waals surface area contributed by atoms with Gasteiger partial charge in [0.2, 0.25) is 5.88 Å². The molecule has 5 heteroatoms. The van der Waals surface area contributed by atoms with Gasteiger partial charge in [-0.25, -0.2) is 4.98 Å². The third-order valence-electron chi connectivity index (χ3n) is 1.95. The van der Waals surface area contributed by atoms with Gasteiger partial charge in [-0.15, -0.1) is 11.3 Å². The number of nitrogens with zero attached hydrogens (tertiary/aromatic N) is 2. The van der Waals surface area contributed by atoms with Crippen LogP contribution in [-0.4, -0.2) is 16.6 Å². The number of pyridine rings is 1. The number of ether oxygens (including phenoxy) is 1. The monoisotopic (exact) mass is 235 g/mol. The lowest BCUT2D eigenvalue weighted by atomic mass is 10.4. The first-order chi connectivity index (χ1) is 7.88. The van der Waals surface area contributed by atoms with E-state index in [2.05, 4.69) is 15.3 Å². The molecule has 0 fully saturated rings. The predicted octanol–water partition coefficient (Wildman–Crippen LogP) is 2.55. The molecule has 1 N–H and O–H groups in total. The van der Waals surface area contributed by atoms with E-state index in [-0.39, 0.29) is 0 Å². The van der Waals surface area contributed by atoms with E-state index in [0.29, 0.717) is 19.0 Å². The minimum absolute atomic E-state index is 0.628. The molecule has 0 bridgehead atoms. The van der Waals surface area contributed by atoms with E-state index in [1.54, 1.807) is 11.3 Å². The summed E-state index contributed by atoms with van der Waals surface area (Å²) in [7, 11) is 0. The molecule has 0 saturated heterocycles. The standard InChI is InChI=1S/C11H13N3OS/c1-2-15-11-5-3-4-10(14-11)12-6-9-7-16-8-13-9/h3-5,7-8H,2,6H2,1H3,(H,12,14). The molecule has 0 amide bonds. The van der Waals surface area contributed by atoms with Gasteiger partial charge in [-0.2, -0.15) is 4.98 Å². The van der Waals surface area contributed by atoms with Crippen molar-refractivity contribution in [1.82, 2.24) is 9.97 Å². The molecule has 0 atom stereocenters. The van der Waals surface area contributed by atoms with Crippen molar-refractivity contribution in [2.45, 2.75) is 13.5 Å². The predicted molar refractivity (Wildman–Crippen MR) is 64.8 cm³/mol. The van der Waals surface area contributed by atoms with Crippen LogP contribution in [0.1, 0.15) is 12.6 Å². The van der Waals surface area contributed by atoms with Gasteiger partial charge >= 0.3 is 0 Å². The van der Waals surface area contributed by atoms with Crippen LogP contribution in [0.4, 0.5) is 5.82 Å². The molecule has 0 aromatic carbocycles. The van der Waals surface area contributed by atoms with Gasteiger partial charge in [0, 0.05) is 11.4 Å². The minimum atomic E-state index is 0.628. The Morgan fingerprint density at radius 3 is 3.12 bits per heavy atom. The third kappa shape index (κ3) is 2.93. The molecule has 2 rings (SSSR count). The van der Waals surface area contributed by atoms with Crippen LogP contribution in [0.25, 0.3) is 0 Å². The van der Waals surface area contributed by atoms with E-state index in [1.807, 2.05) is 36.0 Å². The van der Waals surface area contributed by atoms with Crippen LogP contribution in [0, 0.1) is 0 Å². The van der Waals surface area contributed by atoms with Gasteiger partial charge in [-0.3, -0.25) is 0 Å². The van der Waals surface area contributed by atoms with Crippen LogP contribution in [0.2, 0.25) is 0 Å². The van der Waals surface area contributed by atoms with Crippen LogP contribution in [0.15, 0.2) is 29.1 Å². The van der Waals surface area contributed by atoms with Gasteiger partial charge in [-0.1, -0.05) is 6.07 Å². The number of nitrogens with one attached hydrogen (secondary N) is 1. The Morgan fingerprint density at radius 2 is 2.38 bits per heavy atom. The quantitative estimate of drug-likeness (QED) is 0.865. The zero-order valence-corrected chi connectivity index (χ0v) is 9.83. The van der Waals surface area contributed by atoms with Crippen molar-refractivity contribution >= 4 is 17.2 Å². The Kier molecular flexibility index (Phi) is 3.71. The van der Waals surface area contributed by atoms with Crippen LogP contribution in [-0.2, 0) is 6.54 Å². The van der Waals surface area contributed by atoms with E-state index >= 15 is 0 Å². The number of anilines is 1. The van der Waals surface area contributed by atoms with Crippen molar-refractivity contribution in [2.24, 2.45) is 0 Å². The fourth-order valence-corrected chi connectivity index (χ4v) is 1.81. The summed E-state index contributed by atoms with van der Waals surface area (Å²) in [5.74, 6) is 1.45. The smallest absolute Gasteiger partial charge is 0.215 e. The van der Waals surface area contributed by atoms with Gasteiger partial charge in [-0.05, 0) is 13.0 Å². The van der Waals surface area contributed by atoms with Gasteiger partial charge < -0.3 is 10.1 Å². The second-order valence-electron chi connectivity index (χ2n) is 3.13. The summed E-state index contributed by atoms with van der Waals surface area (Å²) in [6.45, 7) is 3.26. The van der Waals surface area contributed by atoms with Gasteiger partial charge in [0.25, 0.3) is 0 Å². The average Bonchev–Trinajstić information content (AvgIpc) is 2.80. The molecule has 16 heavy (non-hydrogen) atoms. The highest BCUT2D eigenvalue weighted by Crippen LogP contribution is 2.12. The average molecular weight is 235 g/mol. The maximum Gasteiger partial charge on any atom is 0.215 e. The Morgan fingerprint density at radius 1 is 1.44 bits per heavy atom. The zero-order chi connectivity index (χ0) is 11.2. The number of hydrogen-bond acceptors (Lipinski definition) is 5. The lowest BCUT2D eigenvalue weighted by Gasteiger charge is -2.06. The van der Waals surface area contributed by atoms with Crippen molar-refractivity contribution in [3.63, 3.8) is 0 Å². The topological polar surface area (TPSA) is 47.0 Å². The Bertz CT molecular complexity index is 431. The fraction of sp³-hybridized carbons (Fsp3) is 0.273. The van der Waals surface area contributed by atoms with Gasteiger partial charge in [0.15, 0.2) is 0 Å². The summed E-state index contributed by atoms with van der Waals surface area (Å²) in [6.07, 6.45) is 0. The first kappa shape index (κ1) is 10.9. The first-order valence-electron chi connectivity index (χ1n) is 5.09. The second kappa shape index (κ2) is 5.46. The molecule has 0 spiro atoms. The normalized spacial score (nSPS) is 10.1. The highest BCUT2D eigenvalue weighted by atomic mass is 32.1. The molecule has 0 aliphatic rings. The number of hydrogen-bond donors (Lipinski definition) is 1. The van der Waals surface area contributed by atoms with Crippen molar-refractivity contribution < 1.29 is 4.74 Å². The van der Waals surface area contributed by atoms with Crippen molar-refractivity contribution in [2.75, 3.05) is 11.9 Å². The summed E-state index contributed by atoms with van der Waals surface area (Å²) in [4.78, 5) is 8.49. The molecular weight excluding hydrogens is 222 g/mol. The summed E-state index contributed by atoms with van der Waals surface area (Å²) in [5.41, 5.74) is 2.84. The lowest BCUT2D eigenvalue weighted by Crippen LogP contribution is -2.02. The lowest BCUT2D eigenvalue weighted by molar-refractivity contribution is 0.327. The molecular formula is C11H13N3OS. The summed E-state index contributed by atoms with van der Waals surface area (Å²) < 4.78 is 5.32. The Hall–Kier alpha value is -1.62. The van der Waals surface area contributed by atoms with E-state index in [4.69, 9.17) is 4.74 Å². The largest absolute Gasteiger partial charge is 0.478 e. The van der Waals surface area contributed by atoms with Crippen LogP contribution >= 0.6 is 11.3 Å². The minimum Gasteiger partial charge on any atom is -0.478 e. The van der Waals surface area contributed by atoms with Crippen molar-refractivity contribution in [1.29, 1.82) is 0 Å². The molecule has 2 heterocycles. The molecule has 0 unspecified atom stereocenters. The highest BCUT2D eigenvalue weighted by Gasteiger charge is 1.98. The Labute approximate surface area is 98.3 Å². The zero-order valence-electron chi connectivity index (χ0n) is 9.01. The van der Waals surface area contributed by atoms with Crippen molar-refractivity contribution in [3.8, 4) is 5.88 Å². The first-order valence-corrected chi connectivity index (χ1v) is 6.03. The molecule has 2 aromatic rings. The highest BCUT2D eigenvalue weighted by molar-refractivity contribution is 7.07. The maximum atomic E-state index is 5.32. The van der Waals surface area contributed by atoms with E-state index in [1.165, 1.54) is 0 Å². The SMILES string of the molecule is CCOc1cccc(NCc2cscn2)n1. The van der Waals surface area contributed by atoms with Crippen LogP contribution < -0.4 is 10.1 Å². The van der Waals surface area contributed by atoms with Gasteiger partial charge in [0.1, 0.15) is 5.82 Å². The van der Waals surface area contributed by atoms with Gasteiger partial charge in [0.05, 0.1) is 24.4 Å². The molecule has 84 valence electrons. The third-order valence-corrected chi connectivity index (χ3v) is 2.59. The number of rotatable bonds is 5. The van der Waals surface area contributed by atoms with Crippen LogP contribution in [0.5, 0.6) is 5.88 Å². The molecule has 0 aliphatic heterocycles. The van der Waals surface area contributed by atoms with E-state index in [9.17, 15) is 0 Å². The maximum absolute atomic E-state index is 5.32. The summed E-state index contributed by atoms with van der Waals surface area (Å²) in [5, 5.41) is 5.21. The summed E-state index contributed by atoms with van der Waals surface area (Å²) >= 11 is 1.59. The molecule has 2 aromatic heterocycles. The second-order valence-corrected chi connectivity index (χ2v) is 3.85. The fourth-order valence-electron chi connectivity index (χ4n) is 1.25. The van der Waals surface area contributed by atoms with E-state index in [0.717, 1.165) is 11.5 Å². The molecule has 0 radical (unpaired) electrons.